The maximum atomic E-state index is 11.6. The molecule has 1 rings (SSSR count). The van der Waals surface area contributed by atoms with Crippen LogP contribution >= 0.6 is 11.3 Å². The lowest BCUT2D eigenvalue weighted by Gasteiger charge is -2.09. The van der Waals surface area contributed by atoms with Gasteiger partial charge in [-0.3, -0.25) is 4.79 Å². The molecule has 0 aliphatic rings. The molecule has 1 unspecified atom stereocenters. The van der Waals surface area contributed by atoms with E-state index in [-0.39, 0.29) is 11.7 Å². The largest absolute Gasteiger partial charge is 0.480 e. The number of carbonyl (C=O) groups is 2. The van der Waals surface area contributed by atoms with Crippen LogP contribution in [0.1, 0.15) is 28.5 Å². The standard InChI is InChI=1S/C9H13N3O4S/c1-4(10)8-12-6(3-17-8)7(14)11-5(2-13)9(15)16/h3-5,13H,2,10H2,1H3,(H,11,14)(H,15,16)/t4?,5-/m1/s1. The molecule has 0 spiro atoms. The Hall–Kier alpha value is -1.51. The van der Waals surface area contributed by atoms with Crippen molar-refractivity contribution in [2.45, 2.75) is 19.0 Å². The van der Waals surface area contributed by atoms with Crippen LogP contribution in [-0.2, 0) is 4.79 Å². The molecule has 2 atom stereocenters. The van der Waals surface area contributed by atoms with Crippen LogP contribution in [0, 0.1) is 0 Å². The molecule has 0 saturated carbocycles. The van der Waals surface area contributed by atoms with Crippen molar-refractivity contribution < 1.29 is 19.8 Å². The summed E-state index contributed by atoms with van der Waals surface area (Å²) in [4.78, 5) is 26.1. The molecule has 17 heavy (non-hydrogen) atoms. The Bertz CT molecular complexity index is 418. The number of hydrogen-bond acceptors (Lipinski definition) is 6. The molecule has 1 aromatic rings. The van der Waals surface area contributed by atoms with Gasteiger partial charge in [-0.05, 0) is 6.92 Å². The number of carboxylic acids is 1. The summed E-state index contributed by atoms with van der Waals surface area (Å²) in [6.45, 7) is 1.06. The van der Waals surface area contributed by atoms with E-state index in [0.717, 1.165) is 0 Å². The molecule has 0 radical (unpaired) electrons. The molecule has 1 heterocycles. The molecule has 0 aromatic carbocycles. The van der Waals surface area contributed by atoms with E-state index in [1.54, 1.807) is 6.92 Å². The Kier molecular flexibility index (Phi) is 4.55. The van der Waals surface area contributed by atoms with E-state index in [1.165, 1.54) is 16.7 Å². The topological polar surface area (TPSA) is 126 Å². The van der Waals surface area contributed by atoms with Crippen LogP contribution in [0.25, 0.3) is 0 Å². The Morgan fingerprint density at radius 2 is 2.29 bits per heavy atom. The van der Waals surface area contributed by atoms with Crippen LogP contribution in [0.2, 0.25) is 0 Å². The average molecular weight is 259 g/mol. The van der Waals surface area contributed by atoms with E-state index >= 15 is 0 Å². The van der Waals surface area contributed by atoms with E-state index in [0.29, 0.717) is 5.01 Å². The maximum Gasteiger partial charge on any atom is 0.328 e. The monoisotopic (exact) mass is 259 g/mol. The Labute approximate surface area is 101 Å². The zero-order valence-corrected chi connectivity index (χ0v) is 9.90. The van der Waals surface area contributed by atoms with Crippen LogP contribution in [0.15, 0.2) is 5.38 Å². The lowest BCUT2D eigenvalue weighted by atomic mass is 10.3. The number of rotatable bonds is 5. The molecule has 94 valence electrons. The predicted octanol–water partition coefficient (Wildman–Crippen LogP) is -0.662. The highest BCUT2D eigenvalue weighted by Crippen LogP contribution is 2.15. The smallest absolute Gasteiger partial charge is 0.328 e. The lowest BCUT2D eigenvalue weighted by Crippen LogP contribution is -2.43. The number of aliphatic carboxylic acids is 1. The number of nitrogens with two attached hydrogens (primary N) is 1. The third kappa shape index (κ3) is 3.48. The summed E-state index contributed by atoms with van der Waals surface area (Å²) in [6.07, 6.45) is 0. The Balaban J connectivity index is 2.72. The van der Waals surface area contributed by atoms with Gasteiger partial charge in [0.2, 0.25) is 0 Å². The van der Waals surface area contributed by atoms with Crippen LogP contribution in [0.4, 0.5) is 0 Å². The summed E-state index contributed by atoms with van der Waals surface area (Å²) < 4.78 is 0. The Morgan fingerprint density at radius 3 is 2.71 bits per heavy atom. The molecule has 0 bridgehead atoms. The van der Waals surface area contributed by atoms with E-state index in [9.17, 15) is 9.59 Å². The highest BCUT2D eigenvalue weighted by atomic mass is 32.1. The first-order chi connectivity index (χ1) is 7.95. The van der Waals surface area contributed by atoms with Gasteiger partial charge >= 0.3 is 5.97 Å². The first kappa shape index (κ1) is 13.6. The number of carbonyl (C=O) groups excluding carboxylic acids is 1. The number of amides is 1. The summed E-state index contributed by atoms with van der Waals surface area (Å²) in [5, 5.41) is 21.6. The summed E-state index contributed by atoms with van der Waals surface area (Å²) in [6, 6.07) is -1.61. The van der Waals surface area contributed by atoms with Crippen molar-refractivity contribution in [3.63, 3.8) is 0 Å². The number of nitrogens with one attached hydrogen (secondary N) is 1. The summed E-state index contributed by atoms with van der Waals surface area (Å²) in [5.74, 6) is -1.95. The number of carboxylic acid groups (broad SMARTS) is 1. The average Bonchev–Trinajstić information content (AvgIpc) is 2.74. The zero-order valence-electron chi connectivity index (χ0n) is 9.08. The molecule has 7 nitrogen and oxygen atoms in total. The highest BCUT2D eigenvalue weighted by molar-refractivity contribution is 7.09. The third-order valence-electron chi connectivity index (χ3n) is 1.93. The van der Waals surface area contributed by atoms with Crippen molar-refractivity contribution >= 4 is 23.2 Å². The summed E-state index contributed by atoms with van der Waals surface area (Å²) >= 11 is 1.22. The SMILES string of the molecule is CC(N)c1nc(C(=O)N[C@H](CO)C(=O)O)cs1. The van der Waals surface area contributed by atoms with Crippen molar-refractivity contribution in [3.8, 4) is 0 Å². The fourth-order valence-corrected chi connectivity index (χ4v) is 1.78. The highest BCUT2D eigenvalue weighted by Gasteiger charge is 2.21. The minimum absolute atomic E-state index is 0.0991. The first-order valence-electron chi connectivity index (χ1n) is 4.81. The van der Waals surface area contributed by atoms with Gasteiger partial charge in [-0.2, -0.15) is 0 Å². The van der Waals surface area contributed by atoms with Crippen molar-refractivity contribution in [2.75, 3.05) is 6.61 Å². The van der Waals surface area contributed by atoms with Gasteiger partial charge in [-0.15, -0.1) is 11.3 Å². The van der Waals surface area contributed by atoms with Crippen molar-refractivity contribution in [1.29, 1.82) is 0 Å². The van der Waals surface area contributed by atoms with Crippen LogP contribution in [-0.4, -0.2) is 39.7 Å². The van der Waals surface area contributed by atoms with E-state index < -0.39 is 24.5 Å². The summed E-state index contributed by atoms with van der Waals surface area (Å²) in [5.41, 5.74) is 5.68. The normalized spacial score (nSPS) is 14.1. The molecule has 5 N–H and O–H groups in total. The van der Waals surface area contributed by atoms with E-state index in [1.807, 2.05) is 0 Å². The maximum absolute atomic E-state index is 11.6. The van der Waals surface area contributed by atoms with E-state index in [2.05, 4.69) is 10.3 Å². The van der Waals surface area contributed by atoms with Crippen LogP contribution < -0.4 is 11.1 Å². The van der Waals surface area contributed by atoms with Gasteiger partial charge < -0.3 is 21.3 Å². The molecule has 0 aliphatic carbocycles. The third-order valence-corrected chi connectivity index (χ3v) is 2.98. The Morgan fingerprint density at radius 1 is 1.65 bits per heavy atom. The van der Waals surface area contributed by atoms with Crippen molar-refractivity contribution in [1.82, 2.24) is 10.3 Å². The molecule has 8 heteroatoms. The van der Waals surface area contributed by atoms with Gasteiger partial charge in [0.15, 0.2) is 6.04 Å². The van der Waals surface area contributed by atoms with Gasteiger partial charge in [-0.25, -0.2) is 9.78 Å². The number of nitrogens with zero attached hydrogens (tertiary/aromatic N) is 1. The second kappa shape index (κ2) is 5.71. The molecule has 1 amide bonds. The number of thiazole rings is 1. The molecule has 0 aliphatic heterocycles. The molecular formula is C9H13N3O4S. The van der Waals surface area contributed by atoms with Crippen molar-refractivity contribution in [2.24, 2.45) is 5.73 Å². The fraction of sp³-hybridized carbons (Fsp3) is 0.444. The minimum atomic E-state index is -1.33. The first-order valence-corrected chi connectivity index (χ1v) is 5.69. The van der Waals surface area contributed by atoms with Crippen molar-refractivity contribution in [3.05, 3.63) is 16.1 Å². The number of aliphatic hydroxyl groups excluding tert-OH is 1. The second-order valence-electron chi connectivity index (χ2n) is 3.41. The van der Waals surface area contributed by atoms with Gasteiger partial charge in [0, 0.05) is 5.38 Å². The number of aromatic nitrogens is 1. The minimum Gasteiger partial charge on any atom is -0.480 e. The number of aliphatic hydroxyl groups is 1. The van der Waals surface area contributed by atoms with Gasteiger partial charge in [0.1, 0.15) is 10.7 Å². The summed E-state index contributed by atoms with van der Waals surface area (Å²) in [7, 11) is 0. The van der Waals surface area contributed by atoms with E-state index in [4.69, 9.17) is 15.9 Å². The molecule has 0 fully saturated rings. The zero-order chi connectivity index (χ0) is 13.0. The lowest BCUT2D eigenvalue weighted by molar-refractivity contribution is -0.140. The molecule has 0 saturated heterocycles. The number of hydrogen-bond donors (Lipinski definition) is 4. The van der Waals surface area contributed by atoms with Gasteiger partial charge in [0.05, 0.1) is 12.6 Å². The van der Waals surface area contributed by atoms with Crippen LogP contribution in [0.3, 0.4) is 0 Å². The van der Waals surface area contributed by atoms with Crippen LogP contribution in [0.5, 0.6) is 0 Å². The van der Waals surface area contributed by atoms with Gasteiger partial charge in [0.25, 0.3) is 5.91 Å². The second-order valence-corrected chi connectivity index (χ2v) is 4.30. The quantitative estimate of drug-likeness (QED) is 0.556. The molecule has 1 aromatic heterocycles. The van der Waals surface area contributed by atoms with Gasteiger partial charge in [-0.1, -0.05) is 0 Å². The molecular weight excluding hydrogens is 246 g/mol. The predicted molar refractivity (Wildman–Crippen MR) is 60.7 cm³/mol. The fourth-order valence-electron chi connectivity index (χ4n) is 1.02.